The number of hydrogen-bond donors (Lipinski definition) is 1. The molecule has 0 unspecified atom stereocenters. The Labute approximate surface area is 88.2 Å². The fourth-order valence-corrected chi connectivity index (χ4v) is 2.68. The van der Waals surface area contributed by atoms with Gasteiger partial charge in [-0.2, -0.15) is 0 Å². The van der Waals surface area contributed by atoms with Crippen molar-refractivity contribution in [2.45, 2.75) is 44.8 Å². The highest BCUT2D eigenvalue weighted by Gasteiger charge is 2.24. The second kappa shape index (κ2) is 3.52. The van der Waals surface area contributed by atoms with Crippen molar-refractivity contribution >= 4 is 0 Å². The minimum atomic E-state index is 0.195. The van der Waals surface area contributed by atoms with E-state index in [0.717, 1.165) is 30.5 Å². The fraction of sp³-hybridized carbons (Fsp3) is 0.727. The number of ether oxygens (including phenoxy) is 1. The van der Waals surface area contributed by atoms with Crippen LogP contribution in [0, 0.1) is 0 Å². The van der Waals surface area contributed by atoms with Crippen molar-refractivity contribution in [1.82, 2.24) is 9.78 Å². The van der Waals surface area contributed by atoms with E-state index in [9.17, 15) is 4.79 Å². The van der Waals surface area contributed by atoms with E-state index < -0.39 is 0 Å². The third-order valence-electron chi connectivity index (χ3n) is 3.53. The molecule has 0 saturated heterocycles. The van der Waals surface area contributed by atoms with Crippen molar-refractivity contribution in [2.75, 3.05) is 6.61 Å². The Morgan fingerprint density at radius 1 is 1.33 bits per heavy atom. The lowest BCUT2D eigenvalue weighted by Crippen LogP contribution is -2.23. The third-order valence-corrected chi connectivity index (χ3v) is 3.53. The monoisotopic (exact) mass is 208 g/mol. The van der Waals surface area contributed by atoms with Crippen LogP contribution in [0.4, 0.5) is 0 Å². The van der Waals surface area contributed by atoms with Crippen molar-refractivity contribution in [2.24, 2.45) is 0 Å². The highest BCUT2D eigenvalue weighted by Crippen LogP contribution is 2.28. The molecule has 2 heterocycles. The molecule has 1 saturated carbocycles. The van der Waals surface area contributed by atoms with E-state index in [2.05, 4.69) is 5.10 Å². The van der Waals surface area contributed by atoms with Crippen LogP contribution in [0.5, 0.6) is 0 Å². The molecule has 2 aliphatic rings. The van der Waals surface area contributed by atoms with Crippen LogP contribution in [0.1, 0.15) is 43.0 Å². The molecule has 0 atom stereocenters. The topological polar surface area (TPSA) is 47.0 Å². The molecule has 0 bridgehead atoms. The molecule has 4 nitrogen and oxygen atoms in total. The van der Waals surface area contributed by atoms with Crippen molar-refractivity contribution in [3.05, 3.63) is 21.6 Å². The number of nitrogens with zero attached hydrogens (tertiary/aromatic N) is 1. The van der Waals surface area contributed by atoms with Gasteiger partial charge in [0.15, 0.2) is 0 Å². The first kappa shape index (κ1) is 9.21. The van der Waals surface area contributed by atoms with E-state index >= 15 is 0 Å². The summed E-state index contributed by atoms with van der Waals surface area (Å²) in [5.74, 6) is 0. The minimum absolute atomic E-state index is 0.195. The molecule has 1 fully saturated rings. The van der Waals surface area contributed by atoms with E-state index in [0.29, 0.717) is 19.3 Å². The zero-order chi connectivity index (χ0) is 10.3. The molecule has 4 heteroatoms. The molecule has 1 aliphatic heterocycles. The van der Waals surface area contributed by atoms with Gasteiger partial charge in [0.2, 0.25) is 0 Å². The number of H-pyrrole nitrogens is 1. The van der Waals surface area contributed by atoms with E-state index in [1.54, 1.807) is 0 Å². The lowest BCUT2D eigenvalue weighted by molar-refractivity contribution is 0.107. The Morgan fingerprint density at radius 3 is 2.87 bits per heavy atom. The molecule has 1 aromatic heterocycles. The minimum Gasteiger partial charge on any atom is -0.375 e. The first-order valence-corrected chi connectivity index (χ1v) is 5.76. The molecule has 0 amide bonds. The van der Waals surface area contributed by atoms with Crippen LogP contribution in [0.2, 0.25) is 0 Å². The van der Waals surface area contributed by atoms with Crippen molar-refractivity contribution in [1.29, 1.82) is 0 Å². The average Bonchev–Trinajstić information content (AvgIpc) is 2.87. The van der Waals surface area contributed by atoms with E-state index in [1.807, 2.05) is 4.68 Å². The van der Waals surface area contributed by atoms with Gasteiger partial charge in [0.05, 0.1) is 24.9 Å². The quantitative estimate of drug-likeness (QED) is 0.757. The maximum Gasteiger partial charge on any atom is 0.270 e. The summed E-state index contributed by atoms with van der Waals surface area (Å²) >= 11 is 0. The standard InChI is InChI=1S/C11H16N2O2/c14-11-9-5-6-15-7-10(9)12-13(11)8-3-1-2-4-8/h8,12H,1-7H2. The molecule has 1 aromatic rings. The number of nitrogens with one attached hydrogen (secondary N) is 1. The van der Waals surface area contributed by atoms with Gasteiger partial charge in [0.25, 0.3) is 5.56 Å². The van der Waals surface area contributed by atoms with Gasteiger partial charge in [-0.15, -0.1) is 0 Å². The molecule has 0 spiro atoms. The normalized spacial score (nSPS) is 21.9. The molecule has 3 rings (SSSR count). The Hall–Kier alpha value is -1.03. The van der Waals surface area contributed by atoms with Gasteiger partial charge in [-0.3, -0.25) is 9.89 Å². The van der Waals surface area contributed by atoms with Crippen LogP contribution in [-0.4, -0.2) is 16.4 Å². The highest BCUT2D eigenvalue weighted by atomic mass is 16.5. The van der Waals surface area contributed by atoms with Gasteiger partial charge >= 0.3 is 0 Å². The zero-order valence-corrected chi connectivity index (χ0v) is 8.79. The molecular formula is C11H16N2O2. The van der Waals surface area contributed by atoms with Crippen LogP contribution in [0.25, 0.3) is 0 Å². The van der Waals surface area contributed by atoms with E-state index in [1.165, 1.54) is 12.8 Å². The number of aromatic amines is 1. The summed E-state index contributed by atoms with van der Waals surface area (Å²) in [5.41, 5.74) is 2.14. The Morgan fingerprint density at radius 2 is 2.13 bits per heavy atom. The van der Waals surface area contributed by atoms with Crippen LogP contribution < -0.4 is 5.56 Å². The van der Waals surface area contributed by atoms with Crippen molar-refractivity contribution in [3.8, 4) is 0 Å². The average molecular weight is 208 g/mol. The van der Waals surface area contributed by atoms with Gasteiger partial charge in [-0.25, -0.2) is 4.68 Å². The van der Waals surface area contributed by atoms with Gasteiger partial charge in [-0.1, -0.05) is 12.8 Å². The lowest BCUT2D eigenvalue weighted by Gasteiger charge is -2.10. The van der Waals surface area contributed by atoms with E-state index in [4.69, 9.17) is 4.74 Å². The second-order valence-corrected chi connectivity index (χ2v) is 4.48. The van der Waals surface area contributed by atoms with Crippen LogP contribution in [-0.2, 0) is 17.8 Å². The molecule has 1 N–H and O–H groups in total. The van der Waals surface area contributed by atoms with Gasteiger partial charge in [0, 0.05) is 12.0 Å². The molecule has 15 heavy (non-hydrogen) atoms. The van der Waals surface area contributed by atoms with Crippen LogP contribution >= 0.6 is 0 Å². The summed E-state index contributed by atoms with van der Waals surface area (Å²) in [7, 11) is 0. The second-order valence-electron chi connectivity index (χ2n) is 4.48. The number of fused-ring (bicyclic) bond motifs is 1. The van der Waals surface area contributed by atoms with E-state index in [-0.39, 0.29) is 5.56 Å². The molecule has 0 radical (unpaired) electrons. The Balaban J connectivity index is 2.01. The number of aromatic nitrogens is 2. The summed E-state index contributed by atoms with van der Waals surface area (Å²) in [6.07, 6.45) is 5.54. The Bertz CT molecular complexity index is 413. The summed E-state index contributed by atoms with van der Waals surface area (Å²) in [6.45, 7) is 1.26. The van der Waals surface area contributed by atoms with Crippen molar-refractivity contribution < 1.29 is 4.74 Å². The molecular weight excluding hydrogens is 192 g/mol. The van der Waals surface area contributed by atoms with Crippen LogP contribution in [0.15, 0.2) is 4.79 Å². The van der Waals surface area contributed by atoms with Crippen molar-refractivity contribution in [3.63, 3.8) is 0 Å². The first-order chi connectivity index (χ1) is 7.36. The molecule has 1 aliphatic carbocycles. The summed E-state index contributed by atoms with van der Waals surface area (Å²) in [5, 5.41) is 3.22. The largest absolute Gasteiger partial charge is 0.375 e. The smallest absolute Gasteiger partial charge is 0.270 e. The predicted molar refractivity (Wildman–Crippen MR) is 55.9 cm³/mol. The summed E-state index contributed by atoms with van der Waals surface area (Å²) < 4.78 is 7.18. The Kier molecular flexibility index (Phi) is 2.16. The lowest BCUT2D eigenvalue weighted by atomic mass is 10.1. The number of rotatable bonds is 1. The maximum absolute atomic E-state index is 12.1. The first-order valence-electron chi connectivity index (χ1n) is 5.76. The highest BCUT2D eigenvalue weighted by molar-refractivity contribution is 5.19. The fourth-order valence-electron chi connectivity index (χ4n) is 2.68. The predicted octanol–water partition coefficient (Wildman–Crippen LogP) is 1.36. The van der Waals surface area contributed by atoms with Gasteiger partial charge in [0.1, 0.15) is 0 Å². The maximum atomic E-state index is 12.1. The molecule has 0 aromatic carbocycles. The zero-order valence-electron chi connectivity index (χ0n) is 8.79. The van der Waals surface area contributed by atoms with Crippen LogP contribution in [0.3, 0.4) is 0 Å². The SMILES string of the molecule is O=c1c2c([nH]n1C1CCCC1)COCC2. The van der Waals surface area contributed by atoms with Gasteiger partial charge < -0.3 is 4.74 Å². The van der Waals surface area contributed by atoms with Gasteiger partial charge in [-0.05, 0) is 12.8 Å². The number of hydrogen-bond acceptors (Lipinski definition) is 2. The molecule has 82 valence electrons. The summed E-state index contributed by atoms with van der Waals surface area (Å²) in [6, 6.07) is 0.406. The summed E-state index contributed by atoms with van der Waals surface area (Å²) in [4.78, 5) is 12.1. The third kappa shape index (κ3) is 1.44.